The molecule has 1 fully saturated rings. The van der Waals surface area contributed by atoms with Crippen LogP contribution in [0.25, 0.3) is 5.65 Å². The topological polar surface area (TPSA) is 86.8 Å². The molecule has 2 unspecified atom stereocenters. The first-order chi connectivity index (χ1) is 13.1. The van der Waals surface area contributed by atoms with Crippen molar-refractivity contribution >= 4 is 11.6 Å². The van der Waals surface area contributed by atoms with E-state index in [1.165, 1.54) is 6.42 Å². The summed E-state index contributed by atoms with van der Waals surface area (Å²) in [4.78, 5) is 4.75. The lowest BCUT2D eigenvalue weighted by Gasteiger charge is -2.37. The normalized spacial score (nSPS) is 23.5. The number of nitrogens with one attached hydrogen (secondary N) is 2. The zero-order valence-corrected chi connectivity index (χ0v) is 16.5. The molecule has 3 rings (SSSR count). The highest BCUT2D eigenvalue weighted by atomic mass is 16.3. The molecule has 0 bridgehead atoms. The molecule has 3 N–H and O–H groups in total. The molecule has 0 aliphatic heterocycles. The van der Waals surface area contributed by atoms with E-state index in [0.29, 0.717) is 6.54 Å². The summed E-state index contributed by atoms with van der Waals surface area (Å²) in [6, 6.07) is 5.93. The van der Waals surface area contributed by atoms with Gasteiger partial charge in [-0.05, 0) is 38.3 Å². The van der Waals surface area contributed by atoms with E-state index in [9.17, 15) is 5.11 Å². The number of aliphatic imine (C=N–C) groups is 1. The zero-order valence-electron chi connectivity index (χ0n) is 16.5. The van der Waals surface area contributed by atoms with Crippen LogP contribution in [0.3, 0.4) is 0 Å². The Balaban J connectivity index is 1.50. The number of aromatic nitrogens is 3. The fraction of sp³-hybridized carbons (Fsp3) is 0.650. The van der Waals surface area contributed by atoms with Crippen molar-refractivity contribution in [3.05, 3.63) is 30.2 Å². The van der Waals surface area contributed by atoms with Gasteiger partial charge in [-0.3, -0.25) is 9.39 Å². The first kappa shape index (κ1) is 19.6. The standard InChI is InChI=1S/C20H32N6O/c1-3-21-19(23-15-20(2)12-6-4-9-16(20)27)22-13-8-11-18-25-24-17-10-5-7-14-26(17)18/h5,7,10,14,16,27H,3-4,6,8-9,11-13,15H2,1-2H3,(H2,21,22,23). The number of hydrogen-bond acceptors (Lipinski definition) is 4. The van der Waals surface area contributed by atoms with E-state index < -0.39 is 0 Å². The van der Waals surface area contributed by atoms with Gasteiger partial charge < -0.3 is 15.7 Å². The third-order valence-electron chi connectivity index (χ3n) is 5.48. The third-order valence-corrected chi connectivity index (χ3v) is 5.48. The number of aryl methyl sites for hydroxylation is 1. The van der Waals surface area contributed by atoms with Gasteiger partial charge in [-0.25, -0.2) is 0 Å². The van der Waals surface area contributed by atoms with Gasteiger partial charge in [-0.1, -0.05) is 25.8 Å². The first-order valence-electron chi connectivity index (χ1n) is 10.1. The van der Waals surface area contributed by atoms with Crippen molar-refractivity contribution in [2.24, 2.45) is 10.4 Å². The van der Waals surface area contributed by atoms with Gasteiger partial charge >= 0.3 is 0 Å². The molecular formula is C20H32N6O. The summed E-state index contributed by atoms with van der Waals surface area (Å²) in [7, 11) is 0. The number of nitrogens with zero attached hydrogens (tertiary/aromatic N) is 4. The number of fused-ring (bicyclic) bond motifs is 1. The molecule has 1 aliphatic rings. The van der Waals surface area contributed by atoms with E-state index in [1.54, 1.807) is 0 Å². The molecule has 2 heterocycles. The van der Waals surface area contributed by atoms with Crippen LogP contribution in [-0.4, -0.2) is 51.4 Å². The summed E-state index contributed by atoms with van der Waals surface area (Å²) in [5, 5.41) is 25.5. The maximum absolute atomic E-state index is 10.4. The number of guanidine groups is 1. The van der Waals surface area contributed by atoms with Gasteiger partial charge in [-0.15, -0.1) is 10.2 Å². The van der Waals surface area contributed by atoms with Crippen LogP contribution < -0.4 is 10.6 Å². The van der Waals surface area contributed by atoms with Gasteiger partial charge in [0.15, 0.2) is 11.6 Å². The molecule has 7 heteroatoms. The molecule has 0 spiro atoms. The number of hydrogen-bond donors (Lipinski definition) is 3. The molecule has 7 nitrogen and oxygen atoms in total. The summed E-state index contributed by atoms with van der Waals surface area (Å²) in [5.74, 6) is 1.80. The summed E-state index contributed by atoms with van der Waals surface area (Å²) in [6.45, 7) is 6.50. The molecule has 0 radical (unpaired) electrons. The smallest absolute Gasteiger partial charge is 0.191 e. The van der Waals surface area contributed by atoms with E-state index in [4.69, 9.17) is 4.99 Å². The van der Waals surface area contributed by atoms with Crippen molar-refractivity contribution in [1.29, 1.82) is 0 Å². The minimum atomic E-state index is -0.251. The van der Waals surface area contributed by atoms with Gasteiger partial charge in [0.05, 0.1) is 12.6 Å². The molecule has 0 amide bonds. The summed E-state index contributed by atoms with van der Waals surface area (Å²) in [6.07, 6.45) is 7.78. The van der Waals surface area contributed by atoms with E-state index in [1.807, 2.05) is 28.8 Å². The van der Waals surface area contributed by atoms with Crippen LogP contribution >= 0.6 is 0 Å². The van der Waals surface area contributed by atoms with E-state index in [0.717, 1.165) is 62.6 Å². The maximum Gasteiger partial charge on any atom is 0.191 e. The summed E-state index contributed by atoms with van der Waals surface area (Å²) in [5.41, 5.74) is 0.774. The lowest BCUT2D eigenvalue weighted by Crippen LogP contribution is -2.42. The molecule has 2 aromatic heterocycles. The molecule has 1 aliphatic carbocycles. The van der Waals surface area contributed by atoms with Crippen LogP contribution in [-0.2, 0) is 6.42 Å². The molecule has 27 heavy (non-hydrogen) atoms. The molecule has 2 atom stereocenters. The minimum Gasteiger partial charge on any atom is -0.392 e. The van der Waals surface area contributed by atoms with Crippen molar-refractivity contribution in [2.75, 3.05) is 19.6 Å². The highest BCUT2D eigenvalue weighted by molar-refractivity contribution is 5.79. The van der Waals surface area contributed by atoms with Crippen LogP contribution in [0.5, 0.6) is 0 Å². The number of aliphatic hydroxyl groups excluding tert-OH is 1. The quantitative estimate of drug-likeness (QED) is 0.394. The second-order valence-electron chi connectivity index (χ2n) is 7.69. The Bertz CT molecular complexity index is 758. The average molecular weight is 373 g/mol. The van der Waals surface area contributed by atoms with Crippen molar-refractivity contribution in [1.82, 2.24) is 25.2 Å². The molecule has 0 aromatic carbocycles. The number of aliphatic hydroxyl groups is 1. The van der Waals surface area contributed by atoms with Crippen LogP contribution in [0.2, 0.25) is 0 Å². The van der Waals surface area contributed by atoms with Crippen LogP contribution in [0.15, 0.2) is 29.4 Å². The van der Waals surface area contributed by atoms with Crippen LogP contribution in [0.1, 0.15) is 51.8 Å². The summed E-state index contributed by atoms with van der Waals surface area (Å²) >= 11 is 0. The predicted octanol–water partition coefficient (Wildman–Crippen LogP) is 2.16. The van der Waals surface area contributed by atoms with E-state index in [2.05, 4.69) is 34.7 Å². The van der Waals surface area contributed by atoms with Gasteiger partial charge in [0.25, 0.3) is 0 Å². The lowest BCUT2D eigenvalue weighted by atomic mass is 9.73. The monoisotopic (exact) mass is 372 g/mol. The van der Waals surface area contributed by atoms with Crippen molar-refractivity contribution in [3.63, 3.8) is 0 Å². The number of rotatable bonds is 7. The van der Waals surface area contributed by atoms with Gasteiger partial charge in [0.1, 0.15) is 5.82 Å². The molecule has 148 valence electrons. The average Bonchev–Trinajstić information content (AvgIpc) is 3.09. The Kier molecular flexibility index (Phi) is 6.66. The van der Waals surface area contributed by atoms with Gasteiger partial charge in [0, 0.05) is 31.1 Å². The predicted molar refractivity (Wildman–Crippen MR) is 108 cm³/mol. The van der Waals surface area contributed by atoms with Crippen LogP contribution in [0, 0.1) is 5.41 Å². The molecule has 2 aromatic rings. The second kappa shape index (κ2) is 9.17. The lowest BCUT2D eigenvalue weighted by molar-refractivity contribution is 0.00716. The SMILES string of the molecule is CCNC(=NCC1(C)CCCCC1O)NCCCc1nnc2ccccn12. The highest BCUT2D eigenvalue weighted by Gasteiger charge is 2.35. The fourth-order valence-electron chi connectivity index (χ4n) is 3.68. The minimum absolute atomic E-state index is 0.110. The van der Waals surface area contributed by atoms with Crippen molar-refractivity contribution in [3.8, 4) is 0 Å². The van der Waals surface area contributed by atoms with Crippen LogP contribution in [0.4, 0.5) is 0 Å². The number of pyridine rings is 1. The van der Waals surface area contributed by atoms with Crippen molar-refractivity contribution in [2.45, 2.75) is 58.5 Å². The second-order valence-corrected chi connectivity index (χ2v) is 7.69. The molecule has 1 saturated carbocycles. The molecule has 0 saturated heterocycles. The fourth-order valence-corrected chi connectivity index (χ4v) is 3.68. The molecular weight excluding hydrogens is 340 g/mol. The van der Waals surface area contributed by atoms with E-state index in [-0.39, 0.29) is 11.5 Å². The Labute approximate surface area is 161 Å². The Morgan fingerprint density at radius 2 is 2.22 bits per heavy atom. The van der Waals surface area contributed by atoms with Crippen molar-refractivity contribution < 1.29 is 5.11 Å². The Hall–Kier alpha value is -2.15. The van der Waals surface area contributed by atoms with Gasteiger partial charge in [0.2, 0.25) is 0 Å². The Morgan fingerprint density at radius 3 is 3.04 bits per heavy atom. The first-order valence-corrected chi connectivity index (χ1v) is 10.1. The summed E-state index contributed by atoms with van der Waals surface area (Å²) < 4.78 is 2.03. The Morgan fingerprint density at radius 1 is 1.33 bits per heavy atom. The van der Waals surface area contributed by atoms with Gasteiger partial charge in [-0.2, -0.15) is 0 Å². The maximum atomic E-state index is 10.4. The van der Waals surface area contributed by atoms with E-state index >= 15 is 0 Å². The third kappa shape index (κ3) is 4.97. The largest absolute Gasteiger partial charge is 0.392 e. The zero-order chi connectivity index (χ0) is 19.1. The highest BCUT2D eigenvalue weighted by Crippen LogP contribution is 2.36.